The van der Waals surface area contributed by atoms with Crippen molar-refractivity contribution in [2.45, 2.75) is 24.8 Å². The standard InChI is InChI=1S/C17H23Cl2N3O2S/c1-4-15-22(17(24)12-6-5-11(18)9-13(12)19)14(10-25-15)16(23)20-7-8-21(2)3/h5-6,9,14-15H,4,7-8,10H2,1-3H3,(H,20,23)/p+1/t14-,15-/m0/s1. The molecule has 2 N–H and O–H groups in total. The average molecular weight is 405 g/mol. The van der Waals surface area contributed by atoms with Gasteiger partial charge in [0.25, 0.3) is 5.91 Å². The molecule has 0 unspecified atom stereocenters. The van der Waals surface area contributed by atoms with E-state index in [-0.39, 0.29) is 17.2 Å². The lowest BCUT2D eigenvalue weighted by Crippen LogP contribution is -3.06. The third-order valence-corrected chi connectivity index (χ3v) is 6.07. The summed E-state index contributed by atoms with van der Waals surface area (Å²) in [4.78, 5) is 28.6. The van der Waals surface area contributed by atoms with Crippen molar-refractivity contribution in [3.05, 3.63) is 33.8 Å². The smallest absolute Gasteiger partial charge is 0.256 e. The van der Waals surface area contributed by atoms with Gasteiger partial charge < -0.3 is 15.1 Å². The molecule has 0 aliphatic carbocycles. The van der Waals surface area contributed by atoms with Crippen molar-refractivity contribution in [3.63, 3.8) is 0 Å². The molecule has 1 fully saturated rings. The summed E-state index contributed by atoms with van der Waals surface area (Å²) in [5.41, 5.74) is 0.377. The van der Waals surface area contributed by atoms with Crippen molar-refractivity contribution in [1.82, 2.24) is 10.2 Å². The highest BCUT2D eigenvalue weighted by Gasteiger charge is 2.41. The Labute approximate surface area is 163 Å². The van der Waals surface area contributed by atoms with Crippen LogP contribution in [0.3, 0.4) is 0 Å². The molecule has 2 amide bonds. The first-order chi connectivity index (χ1) is 11.8. The molecule has 1 aromatic carbocycles. The van der Waals surface area contributed by atoms with E-state index in [4.69, 9.17) is 23.2 Å². The van der Waals surface area contributed by atoms with Crippen LogP contribution in [0.2, 0.25) is 10.0 Å². The first-order valence-electron chi connectivity index (χ1n) is 8.31. The van der Waals surface area contributed by atoms with Gasteiger partial charge in [-0.15, -0.1) is 11.8 Å². The number of hydrogen-bond donors (Lipinski definition) is 2. The van der Waals surface area contributed by atoms with Crippen LogP contribution in [0.4, 0.5) is 0 Å². The van der Waals surface area contributed by atoms with Crippen molar-refractivity contribution in [1.29, 1.82) is 0 Å². The third kappa shape index (κ3) is 5.03. The van der Waals surface area contributed by atoms with Gasteiger partial charge in [-0.25, -0.2) is 0 Å². The van der Waals surface area contributed by atoms with Crippen molar-refractivity contribution in [3.8, 4) is 0 Å². The van der Waals surface area contributed by atoms with Crippen LogP contribution in [0.15, 0.2) is 18.2 Å². The van der Waals surface area contributed by atoms with Crippen LogP contribution < -0.4 is 10.2 Å². The van der Waals surface area contributed by atoms with Gasteiger partial charge in [-0.2, -0.15) is 0 Å². The number of carbonyl (C=O) groups is 2. The Kier molecular flexibility index (Phi) is 7.43. The van der Waals surface area contributed by atoms with Crippen LogP contribution >= 0.6 is 35.0 Å². The molecule has 1 saturated heterocycles. The number of thioether (sulfide) groups is 1. The van der Waals surface area contributed by atoms with Gasteiger partial charge in [0.05, 0.1) is 43.1 Å². The summed E-state index contributed by atoms with van der Waals surface area (Å²) in [6.07, 6.45) is 0.771. The fourth-order valence-corrected chi connectivity index (χ4v) is 4.55. The number of hydrogen-bond acceptors (Lipinski definition) is 3. The summed E-state index contributed by atoms with van der Waals surface area (Å²) < 4.78 is 0. The Morgan fingerprint density at radius 1 is 1.36 bits per heavy atom. The van der Waals surface area contributed by atoms with E-state index in [0.29, 0.717) is 27.9 Å². The molecule has 0 saturated carbocycles. The zero-order chi connectivity index (χ0) is 18.6. The van der Waals surface area contributed by atoms with E-state index in [1.165, 1.54) is 4.90 Å². The fraction of sp³-hybridized carbons (Fsp3) is 0.529. The summed E-state index contributed by atoms with van der Waals surface area (Å²) in [5.74, 6) is 0.260. The van der Waals surface area contributed by atoms with Gasteiger partial charge in [0.2, 0.25) is 5.91 Å². The molecular formula is C17H24Cl2N3O2S+. The number of nitrogens with one attached hydrogen (secondary N) is 2. The zero-order valence-corrected chi connectivity index (χ0v) is 17.0. The molecule has 0 aromatic heterocycles. The van der Waals surface area contributed by atoms with E-state index in [1.807, 2.05) is 21.0 Å². The maximum Gasteiger partial charge on any atom is 0.256 e. The summed E-state index contributed by atoms with van der Waals surface area (Å²) in [7, 11) is 4.06. The third-order valence-electron chi connectivity index (χ3n) is 4.06. The Morgan fingerprint density at radius 3 is 2.68 bits per heavy atom. The maximum atomic E-state index is 13.0. The molecule has 5 nitrogen and oxygen atoms in total. The summed E-state index contributed by atoms with van der Waals surface area (Å²) in [5, 5.41) is 3.69. The highest BCUT2D eigenvalue weighted by molar-refractivity contribution is 8.00. The summed E-state index contributed by atoms with van der Waals surface area (Å²) >= 11 is 13.7. The Hall–Kier alpha value is -0.950. The average Bonchev–Trinajstić information content (AvgIpc) is 2.97. The first kappa shape index (κ1) is 20.4. The number of likely N-dealkylation sites (N-methyl/N-ethyl adjacent to an activating group) is 1. The van der Waals surface area contributed by atoms with Crippen molar-refractivity contribution in [2.75, 3.05) is 32.9 Å². The highest BCUT2D eigenvalue weighted by atomic mass is 35.5. The fourth-order valence-electron chi connectivity index (χ4n) is 2.71. The minimum Gasteiger partial charge on any atom is -0.349 e. The summed E-state index contributed by atoms with van der Waals surface area (Å²) in [6, 6.07) is 4.33. The quantitative estimate of drug-likeness (QED) is 0.755. The number of amides is 2. The van der Waals surface area contributed by atoms with Crippen molar-refractivity contribution < 1.29 is 14.5 Å². The molecule has 138 valence electrons. The number of nitrogens with zero attached hydrogens (tertiary/aromatic N) is 1. The van der Waals surface area contributed by atoms with Gasteiger partial charge in [-0.05, 0) is 24.6 Å². The second kappa shape index (κ2) is 9.12. The molecule has 1 aliphatic rings. The van der Waals surface area contributed by atoms with E-state index >= 15 is 0 Å². The highest BCUT2D eigenvalue weighted by Crippen LogP contribution is 2.34. The normalized spacial score (nSPS) is 20.2. The monoisotopic (exact) mass is 404 g/mol. The van der Waals surface area contributed by atoms with E-state index in [9.17, 15) is 9.59 Å². The Bertz CT molecular complexity index is 642. The minimum atomic E-state index is -0.480. The second-order valence-electron chi connectivity index (χ2n) is 6.30. The predicted octanol–water partition coefficient (Wildman–Crippen LogP) is 1.55. The second-order valence-corrected chi connectivity index (χ2v) is 8.35. The summed E-state index contributed by atoms with van der Waals surface area (Å²) in [6.45, 7) is 3.43. The molecule has 1 aliphatic heterocycles. The lowest BCUT2D eigenvalue weighted by atomic mass is 10.1. The lowest BCUT2D eigenvalue weighted by Gasteiger charge is -2.28. The van der Waals surface area contributed by atoms with Crippen molar-refractivity contribution in [2.24, 2.45) is 0 Å². The van der Waals surface area contributed by atoms with Gasteiger partial charge in [0, 0.05) is 10.8 Å². The van der Waals surface area contributed by atoms with E-state index in [2.05, 4.69) is 5.32 Å². The van der Waals surface area contributed by atoms with Gasteiger partial charge in [0.15, 0.2) is 0 Å². The Morgan fingerprint density at radius 2 is 2.08 bits per heavy atom. The van der Waals surface area contributed by atoms with Gasteiger partial charge >= 0.3 is 0 Å². The molecule has 0 spiro atoms. The van der Waals surface area contributed by atoms with Crippen LogP contribution in [0, 0.1) is 0 Å². The number of halogens is 2. The van der Waals surface area contributed by atoms with Gasteiger partial charge in [0.1, 0.15) is 6.04 Å². The van der Waals surface area contributed by atoms with Crippen LogP contribution in [0.5, 0.6) is 0 Å². The molecule has 1 aromatic rings. The van der Waals surface area contributed by atoms with E-state index in [1.54, 1.807) is 34.9 Å². The minimum absolute atomic E-state index is 0.0329. The van der Waals surface area contributed by atoms with Crippen LogP contribution in [-0.2, 0) is 4.79 Å². The van der Waals surface area contributed by atoms with E-state index in [0.717, 1.165) is 13.0 Å². The van der Waals surface area contributed by atoms with Crippen LogP contribution in [0.1, 0.15) is 23.7 Å². The molecule has 0 radical (unpaired) electrons. The molecule has 25 heavy (non-hydrogen) atoms. The molecule has 0 bridgehead atoms. The van der Waals surface area contributed by atoms with Crippen LogP contribution in [-0.4, -0.2) is 61.1 Å². The number of rotatable bonds is 6. The predicted molar refractivity (Wildman–Crippen MR) is 104 cm³/mol. The molecule has 8 heteroatoms. The molecule has 2 atom stereocenters. The van der Waals surface area contributed by atoms with Crippen LogP contribution in [0.25, 0.3) is 0 Å². The zero-order valence-electron chi connectivity index (χ0n) is 14.6. The van der Waals surface area contributed by atoms with Gasteiger partial charge in [-0.3, -0.25) is 9.59 Å². The van der Waals surface area contributed by atoms with E-state index < -0.39 is 6.04 Å². The lowest BCUT2D eigenvalue weighted by molar-refractivity contribution is -0.856. The molecule has 2 rings (SSSR count). The van der Waals surface area contributed by atoms with Crippen molar-refractivity contribution >= 4 is 46.8 Å². The number of benzene rings is 1. The number of carbonyl (C=O) groups excluding carboxylic acids is 2. The first-order valence-corrected chi connectivity index (χ1v) is 10.1. The Balaban J connectivity index is 2.18. The molecular weight excluding hydrogens is 381 g/mol. The molecule has 1 heterocycles. The number of quaternary nitrogens is 1. The topological polar surface area (TPSA) is 53.9 Å². The largest absolute Gasteiger partial charge is 0.349 e. The van der Waals surface area contributed by atoms with Gasteiger partial charge in [-0.1, -0.05) is 30.1 Å². The SMILES string of the molecule is CC[C@@H]1SC[C@@H](C(=O)NCC[NH+](C)C)N1C(=O)c1ccc(Cl)cc1Cl. The maximum absolute atomic E-state index is 13.0.